The van der Waals surface area contributed by atoms with E-state index in [0.29, 0.717) is 12.4 Å². The minimum absolute atomic E-state index is 0.164. The smallest absolute Gasteiger partial charge is 0.192 e. The first-order valence-electron chi connectivity index (χ1n) is 12.9. The van der Waals surface area contributed by atoms with E-state index in [9.17, 15) is 4.39 Å². The van der Waals surface area contributed by atoms with Crippen molar-refractivity contribution in [2.75, 3.05) is 5.73 Å². The number of hydrogen-bond donors (Lipinski definition) is 1. The Morgan fingerprint density at radius 1 is 0.895 bits per heavy atom. The summed E-state index contributed by atoms with van der Waals surface area (Å²) in [4.78, 5) is 4.33. The largest absolute Gasteiger partial charge is 0.413 e. The Kier molecular flexibility index (Phi) is 6.71. The molecule has 6 heteroatoms. The van der Waals surface area contributed by atoms with Crippen molar-refractivity contribution in [1.29, 1.82) is 0 Å². The lowest BCUT2D eigenvalue weighted by Gasteiger charge is -2.36. The first-order valence-corrected chi connectivity index (χ1v) is 15.8. The average molecular weight is 524 g/mol. The second kappa shape index (κ2) is 9.85. The van der Waals surface area contributed by atoms with E-state index in [1.165, 1.54) is 12.1 Å². The van der Waals surface area contributed by atoms with Gasteiger partial charge in [-0.25, -0.2) is 9.37 Å². The summed E-state index contributed by atoms with van der Waals surface area (Å²) in [7, 11) is -1.84. The maximum absolute atomic E-state index is 13.6. The molecule has 0 spiro atoms. The number of nitrogens with zero attached hydrogens (tertiary/aromatic N) is 2. The van der Waals surface area contributed by atoms with E-state index in [0.717, 1.165) is 44.5 Å². The molecular formula is C32H34FN3OSi. The first kappa shape index (κ1) is 25.9. The molecule has 0 unspecified atom stereocenters. The third-order valence-electron chi connectivity index (χ3n) is 7.70. The Hall–Kier alpha value is -3.74. The van der Waals surface area contributed by atoms with Crippen LogP contribution in [0.5, 0.6) is 0 Å². The Balaban J connectivity index is 1.59. The third-order valence-corrected chi connectivity index (χ3v) is 12.2. The summed E-state index contributed by atoms with van der Waals surface area (Å²) in [6.45, 7) is 11.9. The monoisotopic (exact) mass is 523 g/mol. The van der Waals surface area contributed by atoms with Crippen molar-refractivity contribution in [3.8, 4) is 28.1 Å². The molecule has 0 radical (unpaired) electrons. The Labute approximate surface area is 225 Å². The van der Waals surface area contributed by atoms with Crippen molar-refractivity contribution in [3.05, 3.63) is 103 Å². The zero-order valence-electron chi connectivity index (χ0n) is 22.6. The predicted octanol–water partition coefficient (Wildman–Crippen LogP) is 8.60. The third kappa shape index (κ3) is 5.02. The van der Waals surface area contributed by atoms with Crippen molar-refractivity contribution in [2.24, 2.45) is 0 Å². The highest BCUT2D eigenvalue weighted by Gasteiger charge is 2.37. The van der Waals surface area contributed by atoms with E-state index in [1.54, 1.807) is 18.3 Å². The van der Waals surface area contributed by atoms with Crippen LogP contribution in [-0.4, -0.2) is 17.9 Å². The summed E-state index contributed by atoms with van der Waals surface area (Å²) >= 11 is 0. The summed E-state index contributed by atoms with van der Waals surface area (Å²) in [6, 6.07) is 27.5. The maximum Gasteiger partial charge on any atom is 0.192 e. The van der Waals surface area contributed by atoms with Gasteiger partial charge in [0, 0.05) is 22.8 Å². The molecule has 0 atom stereocenters. The molecule has 4 nitrogen and oxygen atoms in total. The van der Waals surface area contributed by atoms with Crippen LogP contribution in [0.4, 0.5) is 10.2 Å². The van der Waals surface area contributed by atoms with Gasteiger partial charge in [-0.15, -0.1) is 0 Å². The van der Waals surface area contributed by atoms with Crippen LogP contribution in [0.2, 0.25) is 18.1 Å². The number of benzene rings is 3. The number of halogens is 1. The predicted molar refractivity (Wildman–Crippen MR) is 158 cm³/mol. The molecule has 5 aromatic rings. The van der Waals surface area contributed by atoms with Crippen LogP contribution >= 0.6 is 0 Å². The molecule has 0 fully saturated rings. The lowest BCUT2D eigenvalue weighted by Crippen LogP contribution is -2.40. The molecule has 194 valence electrons. The van der Waals surface area contributed by atoms with Gasteiger partial charge < -0.3 is 14.7 Å². The van der Waals surface area contributed by atoms with E-state index in [4.69, 9.17) is 10.2 Å². The SMILES string of the molecule is CC(C)(C)[Si](C)(C)OCc1ccc(-n2c(-c3cccnc3N)cc3ccc(-c4ccc(F)cc4)cc32)cc1. The van der Waals surface area contributed by atoms with Crippen LogP contribution in [0.3, 0.4) is 0 Å². The van der Waals surface area contributed by atoms with Crippen LogP contribution in [-0.2, 0) is 11.0 Å². The van der Waals surface area contributed by atoms with E-state index in [-0.39, 0.29) is 10.9 Å². The van der Waals surface area contributed by atoms with E-state index >= 15 is 0 Å². The fraction of sp³-hybridized carbons (Fsp3) is 0.219. The molecule has 0 aliphatic heterocycles. The van der Waals surface area contributed by atoms with Crippen LogP contribution < -0.4 is 5.73 Å². The molecule has 2 heterocycles. The summed E-state index contributed by atoms with van der Waals surface area (Å²) in [6.07, 6.45) is 1.70. The zero-order valence-corrected chi connectivity index (χ0v) is 23.6. The number of nitrogens with two attached hydrogens (primary N) is 1. The van der Waals surface area contributed by atoms with Gasteiger partial charge in [-0.2, -0.15) is 0 Å². The van der Waals surface area contributed by atoms with Gasteiger partial charge in [0.05, 0.1) is 17.8 Å². The molecule has 0 aliphatic carbocycles. The number of hydrogen-bond acceptors (Lipinski definition) is 3. The molecule has 3 aromatic carbocycles. The fourth-order valence-corrected chi connectivity index (χ4v) is 5.32. The minimum atomic E-state index is -1.84. The summed E-state index contributed by atoms with van der Waals surface area (Å²) in [5.41, 5.74) is 13.3. The Morgan fingerprint density at radius 3 is 2.24 bits per heavy atom. The molecule has 5 rings (SSSR count). The van der Waals surface area contributed by atoms with Crippen LogP contribution in [0, 0.1) is 5.82 Å². The molecular weight excluding hydrogens is 489 g/mol. The van der Waals surface area contributed by atoms with Gasteiger partial charge >= 0.3 is 0 Å². The maximum atomic E-state index is 13.6. The van der Waals surface area contributed by atoms with Crippen LogP contribution in [0.15, 0.2) is 91.1 Å². The van der Waals surface area contributed by atoms with Crippen molar-refractivity contribution >= 4 is 25.0 Å². The molecule has 0 bridgehead atoms. The first-order chi connectivity index (χ1) is 18.0. The van der Waals surface area contributed by atoms with Gasteiger partial charge in [0.2, 0.25) is 0 Å². The van der Waals surface area contributed by atoms with Gasteiger partial charge in [0.15, 0.2) is 8.32 Å². The quantitative estimate of drug-likeness (QED) is 0.227. The van der Waals surface area contributed by atoms with Gasteiger partial charge in [0.25, 0.3) is 0 Å². The molecule has 2 aromatic heterocycles. The highest BCUT2D eigenvalue weighted by Crippen LogP contribution is 2.38. The normalized spacial score (nSPS) is 12.3. The van der Waals surface area contributed by atoms with Crippen molar-refractivity contribution < 1.29 is 8.82 Å². The fourth-order valence-electron chi connectivity index (χ4n) is 4.35. The Bertz CT molecular complexity index is 1580. The summed E-state index contributed by atoms with van der Waals surface area (Å²) < 4.78 is 22.2. The van der Waals surface area contributed by atoms with Gasteiger partial charge in [0.1, 0.15) is 11.6 Å². The minimum Gasteiger partial charge on any atom is -0.413 e. The topological polar surface area (TPSA) is 53.1 Å². The lowest BCUT2D eigenvalue weighted by atomic mass is 10.0. The van der Waals surface area contributed by atoms with Gasteiger partial charge in [-0.05, 0) is 83.4 Å². The van der Waals surface area contributed by atoms with Gasteiger partial charge in [-0.3, -0.25) is 0 Å². The number of rotatable bonds is 6. The zero-order chi connectivity index (χ0) is 27.1. The average Bonchev–Trinajstić information content (AvgIpc) is 3.26. The molecule has 0 aliphatic rings. The van der Waals surface area contributed by atoms with E-state index in [2.05, 4.69) is 91.9 Å². The van der Waals surface area contributed by atoms with Crippen LogP contribution in [0.25, 0.3) is 39.0 Å². The number of aromatic nitrogens is 2. The van der Waals surface area contributed by atoms with Crippen molar-refractivity contribution in [3.63, 3.8) is 0 Å². The van der Waals surface area contributed by atoms with Crippen molar-refractivity contribution in [1.82, 2.24) is 9.55 Å². The Morgan fingerprint density at radius 2 is 1.58 bits per heavy atom. The highest BCUT2D eigenvalue weighted by atomic mass is 28.4. The lowest BCUT2D eigenvalue weighted by molar-refractivity contribution is 0.276. The molecule has 0 saturated heterocycles. The summed E-state index contributed by atoms with van der Waals surface area (Å²) in [5, 5.41) is 1.25. The number of nitrogen functional groups attached to an aromatic ring is 1. The molecule has 0 saturated carbocycles. The number of pyridine rings is 1. The second-order valence-corrected chi connectivity index (χ2v) is 16.1. The van der Waals surface area contributed by atoms with Gasteiger partial charge in [-0.1, -0.05) is 57.2 Å². The number of anilines is 1. The summed E-state index contributed by atoms with van der Waals surface area (Å²) in [5.74, 6) is 0.236. The van der Waals surface area contributed by atoms with E-state index < -0.39 is 8.32 Å². The van der Waals surface area contributed by atoms with Crippen molar-refractivity contribution in [2.45, 2.75) is 45.5 Å². The molecule has 2 N–H and O–H groups in total. The van der Waals surface area contributed by atoms with E-state index in [1.807, 2.05) is 12.1 Å². The standard InChI is InChI=1S/C32H34FN3OSi/c1-32(2,3)38(4,5)37-21-22-8-16-27(17-9-22)36-29-19-24(23-12-14-26(33)15-13-23)10-11-25(29)20-30(36)28-7-6-18-35-31(28)34/h6-20H,21H2,1-5H3,(H2,34,35). The molecule has 0 amide bonds. The highest BCUT2D eigenvalue weighted by molar-refractivity contribution is 6.74. The number of fused-ring (bicyclic) bond motifs is 1. The second-order valence-electron chi connectivity index (χ2n) is 11.3. The van der Waals surface area contributed by atoms with Crippen LogP contribution in [0.1, 0.15) is 26.3 Å². The molecule has 38 heavy (non-hydrogen) atoms.